The lowest BCUT2D eigenvalue weighted by molar-refractivity contribution is 0.227. The Morgan fingerprint density at radius 1 is 1.56 bits per heavy atom. The van der Waals surface area contributed by atoms with Crippen LogP contribution >= 0.6 is 0 Å². The smallest absolute Gasteiger partial charge is 0.220 e. The molecule has 2 heterocycles. The molecule has 1 aliphatic rings. The number of nitrogens with one attached hydrogen (secondary N) is 1. The molecule has 1 aromatic heterocycles. The Labute approximate surface area is 109 Å². The van der Waals surface area contributed by atoms with Crippen LogP contribution in [0, 0.1) is 0 Å². The SMILES string of the molecule is CNCc1cncnc1OCCC1CCCN1C. The standard InChI is InChI=1S/C13H22N4O/c1-14-8-11-9-15-10-16-13(11)18-7-5-12-4-3-6-17(12)2/h9-10,12,14H,3-8H2,1-2H3. The Morgan fingerprint density at radius 2 is 2.44 bits per heavy atom. The van der Waals surface area contributed by atoms with Crippen LogP contribution in [-0.2, 0) is 6.54 Å². The van der Waals surface area contributed by atoms with Gasteiger partial charge in [-0.1, -0.05) is 0 Å². The minimum Gasteiger partial charge on any atom is -0.477 e. The van der Waals surface area contributed by atoms with E-state index in [4.69, 9.17) is 4.74 Å². The van der Waals surface area contributed by atoms with Gasteiger partial charge < -0.3 is 15.0 Å². The van der Waals surface area contributed by atoms with E-state index in [0.717, 1.165) is 25.1 Å². The molecule has 0 bridgehead atoms. The van der Waals surface area contributed by atoms with Crippen molar-refractivity contribution in [1.29, 1.82) is 0 Å². The highest BCUT2D eigenvalue weighted by molar-refractivity contribution is 5.21. The Morgan fingerprint density at radius 3 is 3.17 bits per heavy atom. The summed E-state index contributed by atoms with van der Waals surface area (Å²) in [6.45, 7) is 2.67. The second kappa shape index (κ2) is 6.66. The first-order valence-electron chi connectivity index (χ1n) is 6.57. The number of aromatic nitrogens is 2. The zero-order chi connectivity index (χ0) is 12.8. The fraction of sp³-hybridized carbons (Fsp3) is 0.692. The summed E-state index contributed by atoms with van der Waals surface area (Å²) in [6.07, 6.45) is 7.00. The third kappa shape index (κ3) is 3.40. The molecule has 5 heteroatoms. The lowest BCUT2D eigenvalue weighted by Gasteiger charge is -2.19. The normalized spacial score (nSPS) is 20.2. The van der Waals surface area contributed by atoms with E-state index < -0.39 is 0 Å². The van der Waals surface area contributed by atoms with Crippen molar-refractivity contribution < 1.29 is 4.74 Å². The fourth-order valence-corrected chi connectivity index (χ4v) is 2.42. The molecule has 1 aromatic rings. The summed E-state index contributed by atoms with van der Waals surface area (Å²) in [4.78, 5) is 10.6. The highest BCUT2D eigenvalue weighted by Gasteiger charge is 2.20. The number of likely N-dealkylation sites (tertiary alicyclic amines) is 1. The van der Waals surface area contributed by atoms with E-state index in [1.807, 2.05) is 7.05 Å². The minimum absolute atomic E-state index is 0.666. The van der Waals surface area contributed by atoms with Crippen molar-refractivity contribution in [3.63, 3.8) is 0 Å². The van der Waals surface area contributed by atoms with Crippen LogP contribution in [0.4, 0.5) is 0 Å². The van der Waals surface area contributed by atoms with Crippen LogP contribution in [0.3, 0.4) is 0 Å². The zero-order valence-electron chi connectivity index (χ0n) is 11.2. The molecule has 1 unspecified atom stereocenters. The molecule has 1 atom stereocenters. The van der Waals surface area contributed by atoms with Crippen LogP contribution in [-0.4, -0.2) is 48.2 Å². The highest BCUT2D eigenvalue weighted by atomic mass is 16.5. The second-order valence-corrected chi connectivity index (χ2v) is 4.80. The first-order chi connectivity index (χ1) is 8.81. The summed E-state index contributed by atoms with van der Waals surface area (Å²) in [5.41, 5.74) is 1.01. The summed E-state index contributed by atoms with van der Waals surface area (Å²) >= 11 is 0. The lowest BCUT2D eigenvalue weighted by atomic mass is 10.1. The number of hydrogen-bond donors (Lipinski definition) is 1. The lowest BCUT2D eigenvalue weighted by Crippen LogP contribution is -2.26. The van der Waals surface area contributed by atoms with Gasteiger partial charge in [0.25, 0.3) is 0 Å². The molecule has 1 N–H and O–H groups in total. The van der Waals surface area contributed by atoms with Crippen molar-refractivity contribution in [2.75, 3.05) is 27.2 Å². The van der Waals surface area contributed by atoms with Crippen molar-refractivity contribution in [1.82, 2.24) is 20.2 Å². The summed E-state index contributed by atoms with van der Waals surface area (Å²) in [5, 5.41) is 3.09. The third-order valence-electron chi connectivity index (χ3n) is 3.48. The minimum atomic E-state index is 0.666. The molecular formula is C13H22N4O. The van der Waals surface area contributed by atoms with E-state index in [1.165, 1.54) is 25.7 Å². The average molecular weight is 250 g/mol. The van der Waals surface area contributed by atoms with E-state index >= 15 is 0 Å². The second-order valence-electron chi connectivity index (χ2n) is 4.80. The largest absolute Gasteiger partial charge is 0.477 e. The van der Waals surface area contributed by atoms with Gasteiger partial charge in [-0.3, -0.25) is 0 Å². The predicted molar refractivity (Wildman–Crippen MR) is 70.6 cm³/mol. The first-order valence-corrected chi connectivity index (χ1v) is 6.57. The van der Waals surface area contributed by atoms with Gasteiger partial charge in [0.1, 0.15) is 6.33 Å². The number of rotatable bonds is 6. The first kappa shape index (κ1) is 13.2. The zero-order valence-corrected chi connectivity index (χ0v) is 11.2. The van der Waals surface area contributed by atoms with E-state index in [2.05, 4.69) is 27.2 Å². The fourth-order valence-electron chi connectivity index (χ4n) is 2.42. The highest BCUT2D eigenvalue weighted by Crippen LogP contribution is 2.19. The average Bonchev–Trinajstić information content (AvgIpc) is 2.78. The molecule has 1 fully saturated rings. The van der Waals surface area contributed by atoms with Gasteiger partial charge in [-0.25, -0.2) is 9.97 Å². The quantitative estimate of drug-likeness (QED) is 0.818. The van der Waals surface area contributed by atoms with Crippen molar-refractivity contribution in [2.45, 2.75) is 31.8 Å². The van der Waals surface area contributed by atoms with Crippen LogP contribution in [0.25, 0.3) is 0 Å². The molecule has 1 aliphatic heterocycles. The molecule has 0 radical (unpaired) electrons. The molecular weight excluding hydrogens is 228 g/mol. The van der Waals surface area contributed by atoms with Crippen LogP contribution in [0.2, 0.25) is 0 Å². The molecule has 100 valence electrons. The van der Waals surface area contributed by atoms with E-state index in [-0.39, 0.29) is 0 Å². The van der Waals surface area contributed by atoms with Gasteiger partial charge in [-0.05, 0) is 39.9 Å². The summed E-state index contributed by atoms with van der Waals surface area (Å²) in [6, 6.07) is 0.666. The van der Waals surface area contributed by atoms with Gasteiger partial charge in [0, 0.05) is 24.3 Å². The number of ether oxygens (including phenoxy) is 1. The van der Waals surface area contributed by atoms with Gasteiger partial charge in [0.2, 0.25) is 5.88 Å². The van der Waals surface area contributed by atoms with Crippen LogP contribution < -0.4 is 10.1 Å². The van der Waals surface area contributed by atoms with Crippen LogP contribution in [0.15, 0.2) is 12.5 Å². The molecule has 0 aromatic carbocycles. The molecule has 18 heavy (non-hydrogen) atoms. The van der Waals surface area contributed by atoms with Crippen molar-refractivity contribution >= 4 is 0 Å². The predicted octanol–water partition coefficient (Wildman–Crippen LogP) is 1.06. The maximum absolute atomic E-state index is 5.78. The maximum atomic E-state index is 5.78. The Hall–Kier alpha value is -1.20. The van der Waals surface area contributed by atoms with E-state index in [1.54, 1.807) is 6.20 Å². The maximum Gasteiger partial charge on any atom is 0.220 e. The Bertz CT molecular complexity index is 372. The summed E-state index contributed by atoms with van der Waals surface area (Å²) < 4.78 is 5.78. The van der Waals surface area contributed by atoms with Gasteiger partial charge >= 0.3 is 0 Å². The third-order valence-corrected chi connectivity index (χ3v) is 3.48. The van der Waals surface area contributed by atoms with Gasteiger partial charge in [0.15, 0.2) is 0 Å². The van der Waals surface area contributed by atoms with Gasteiger partial charge in [-0.15, -0.1) is 0 Å². The molecule has 0 aliphatic carbocycles. The summed E-state index contributed by atoms with van der Waals surface area (Å²) in [7, 11) is 4.10. The van der Waals surface area contributed by atoms with Gasteiger partial charge in [-0.2, -0.15) is 0 Å². The van der Waals surface area contributed by atoms with Crippen molar-refractivity contribution in [3.8, 4) is 5.88 Å². The Kier molecular flexibility index (Phi) is 4.90. The molecule has 0 amide bonds. The molecule has 2 rings (SSSR count). The molecule has 5 nitrogen and oxygen atoms in total. The Balaban J connectivity index is 1.82. The topological polar surface area (TPSA) is 50.3 Å². The molecule has 0 spiro atoms. The van der Waals surface area contributed by atoms with E-state index in [9.17, 15) is 0 Å². The molecule has 1 saturated heterocycles. The van der Waals surface area contributed by atoms with E-state index in [0.29, 0.717) is 11.9 Å². The van der Waals surface area contributed by atoms with Gasteiger partial charge in [0.05, 0.1) is 6.61 Å². The van der Waals surface area contributed by atoms with Crippen LogP contribution in [0.1, 0.15) is 24.8 Å². The van der Waals surface area contributed by atoms with Crippen molar-refractivity contribution in [2.24, 2.45) is 0 Å². The number of nitrogens with zero attached hydrogens (tertiary/aromatic N) is 3. The molecule has 0 saturated carbocycles. The van der Waals surface area contributed by atoms with Crippen molar-refractivity contribution in [3.05, 3.63) is 18.1 Å². The van der Waals surface area contributed by atoms with Crippen LogP contribution in [0.5, 0.6) is 5.88 Å². The monoisotopic (exact) mass is 250 g/mol. The summed E-state index contributed by atoms with van der Waals surface area (Å²) in [5.74, 6) is 0.708. The number of hydrogen-bond acceptors (Lipinski definition) is 5.